The standard InChI is InChI=1S/C19H24BrClO2Si/c1-5-22-17-8-6-14(7-9-17)10-15-11-18(20)16(12-19(15)21)13-23-24(2,3)4/h6-9,11-12H,5,10,13H2,1-4H3. The van der Waals surface area contributed by atoms with Gasteiger partial charge in [-0.25, -0.2) is 0 Å². The van der Waals surface area contributed by atoms with E-state index in [1.54, 1.807) is 0 Å². The van der Waals surface area contributed by atoms with Crippen molar-refractivity contribution in [2.45, 2.75) is 39.6 Å². The Morgan fingerprint density at radius 2 is 1.71 bits per heavy atom. The molecule has 2 rings (SSSR count). The monoisotopic (exact) mass is 426 g/mol. The Bertz CT molecular complexity index is 681. The molecular weight excluding hydrogens is 404 g/mol. The lowest BCUT2D eigenvalue weighted by atomic mass is 10.0. The molecule has 2 aromatic rings. The SMILES string of the molecule is CCOc1ccc(Cc2cc(Br)c(CO[Si](C)(C)C)cc2Cl)cc1. The second-order valence-corrected chi connectivity index (χ2v) is 12.5. The summed E-state index contributed by atoms with van der Waals surface area (Å²) in [5, 5.41) is 0.779. The summed E-state index contributed by atoms with van der Waals surface area (Å²) in [5.74, 6) is 0.896. The highest BCUT2D eigenvalue weighted by Crippen LogP contribution is 2.29. The number of hydrogen-bond acceptors (Lipinski definition) is 2. The van der Waals surface area contributed by atoms with Crippen molar-refractivity contribution in [2.75, 3.05) is 6.61 Å². The van der Waals surface area contributed by atoms with Crippen molar-refractivity contribution in [1.29, 1.82) is 0 Å². The molecule has 0 bridgehead atoms. The molecular formula is C19H24BrClO2Si. The van der Waals surface area contributed by atoms with Gasteiger partial charge in [-0.3, -0.25) is 0 Å². The zero-order chi connectivity index (χ0) is 17.7. The van der Waals surface area contributed by atoms with Crippen LogP contribution in [0.4, 0.5) is 0 Å². The predicted molar refractivity (Wildman–Crippen MR) is 108 cm³/mol. The summed E-state index contributed by atoms with van der Waals surface area (Å²) in [6.45, 7) is 9.81. The molecule has 0 unspecified atom stereocenters. The molecule has 0 aliphatic rings. The van der Waals surface area contributed by atoms with Gasteiger partial charge >= 0.3 is 0 Å². The van der Waals surface area contributed by atoms with Crippen molar-refractivity contribution in [2.24, 2.45) is 0 Å². The van der Waals surface area contributed by atoms with Crippen LogP contribution in [0.15, 0.2) is 40.9 Å². The van der Waals surface area contributed by atoms with Gasteiger partial charge in [-0.2, -0.15) is 0 Å². The maximum absolute atomic E-state index is 6.49. The van der Waals surface area contributed by atoms with Gasteiger partial charge in [-0.05, 0) is 73.9 Å². The van der Waals surface area contributed by atoms with Gasteiger partial charge in [0.05, 0.1) is 13.2 Å². The van der Waals surface area contributed by atoms with E-state index in [9.17, 15) is 0 Å². The van der Waals surface area contributed by atoms with Crippen molar-refractivity contribution in [3.63, 3.8) is 0 Å². The number of benzene rings is 2. The van der Waals surface area contributed by atoms with E-state index in [2.05, 4.69) is 53.8 Å². The van der Waals surface area contributed by atoms with Crippen LogP contribution in [0.3, 0.4) is 0 Å². The van der Waals surface area contributed by atoms with Crippen LogP contribution >= 0.6 is 27.5 Å². The predicted octanol–water partition coefficient (Wildman–Crippen LogP) is 6.44. The molecule has 0 amide bonds. The van der Waals surface area contributed by atoms with Gasteiger partial charge in [0.1, 0.15) is 5.75 Å². The summed E-state index contributed by atoms with van der Waals surface area (Å²) in [5.41, 5.74) is 3.40. The largest absolute Gasteiger partial charge is 0.494 e. The summed E-state index contributed by atoms with van der Waals surface area (Å²) < 4.78 is 12.5. The van der Waals surface area contributed by atoms with Gasteiger partial charge in [0, 0.05) is 9.50 Å². The van der Waals surface area contributed by atoms with E-state index >= 15 is 0 Å². The van der Waals surface area contributed by atoms with Crippen molar-refractivity contribution < 1.29 is 9.16 Å². The van der Waals surface area contributed by atoms with E-state index in [-0.39, 0.29) is 0 Å². The molecule has 0 aromatic heterocycles. The van der Waals surface area contributed by atoms with Gasteiger partial charge in [-0.1, -0.05) is 39.7 Å². The molecule has 0 heterocycles. The first-order valence-electron chi connectivity index (χ1n) is 8.11. The van der Waals surface area contributed by atoms with Crippen LogP contribution in [-0.2, 0) is 17.5 Å². The van der Waals surface area contributed by atoms with Crippen LogP contribution < -0.4 is 4.74 Å². The topological polar surface area (TPSA) is 18.5 Å². The van der Waals surface area contributed by atoms with Crippen LogP contribution in [0.2, 0.25) is 24.7 Å². The molecule has 0 aliphatic heterocycles. The molecule has 2 nitrogen and oxygen atoms in total. The molecule has 24 heavy (non-hydrogen) atoms. The lowest BCUT2D eigenvalue weighted by Crippen LogP contribution is -2.24. The van der Waals surface area contributed by atoms with Crippen molar-refractivity contribution in [3.8, 4) is 5.75 Å². The van der Waals surface area contributed by atoms with E-state index in [1.165, 1.54) is 5.56 Å². The maximum atomic E-state index is 6.49. The third-order valence-electron chi connectivity index (χ3n) is 3.51. The Balaban J connectivity index is 2.12. The Morgan fingerprint density at radius 1 is 1.04 bits per heavy atom. The van der Waals surface area contributed by atoms with Crippen molar-refractivity contribution in [1.82, 2.24) is 0 Å². The Kier molecular flexibility index (Phi) is 6.93. The summed E-state index contributed by atoms with van der Waals surface area (Å²) in [6.07, 6.45) is 0.791. The highest BCUT2D eigenvalue weighted by atomic mass is 79.9. The highest BCUT2D eigenvalue weighted by molar-refractivity contribution is 9.10. The summed E-state index contributed by atoms with van der Waals surface area (Å²) in [6, 6.07) is 12.3. The third kappa shape index (κ3) is 5.92. The molecule has 0 saturated heterocycles. The van der Waals surface area contributed by atoms with E-state index < -0.39 is 8.32 Å². The quantitative estimate of drug-likeness (QED) is 0.473. The fraction of sp³-hybridized carbons (Fsp3) is 0.368. The molecule has 0 N–H and O–H groups in total. The van der Waals surface area contributed by atoms with Crippen LogP contribution in [0.1, 0.15) is 23.6 Å². The van der Waals surface area contributed by atoms with Crippen molar-refractivity contribution in [3.05, 3.63) is 62.6 Å². The summed E-state index contributed by atoms with van der Waals surface area (Å²) in [7, 11) is -1.54. The third-order valence-corrected chi connectivity index (χ3v) is 5.61. The second-order valence-electron chi connectivity index (χ2n) is 6.69. The Hall–Kier alpha value is -0.813. The lowest BCUT2D eigenvalue weighted by molar-refractivity contribution is 0.299. The molecule has 0 atom stereocenters. The van der Waals surface area contributed by atoms with E-state index in [1.807, 2.05) is 25.1 Å². The average Bonchev–Trinajstić information content (AvgIpc) is 2.50. The van der Waals surface area contributed by atoms with Crippen LogP contribution in [0.5, 0.6) is 5.75 Å². The minimum Gasteiger partial charge on any atom is -0.494 e. The summed E-state index contributed by atoms with van der Waals surface area (Å²) >= 11 is 10.1. The normalized spacial score (nSPS) is 11.6. The van der Waals surface area contributed by atoms with Gasteiger partial charge in [0.2, 0.25) is 0 Å². The second kappa shape index (κ2) is 8.52. The molecule has 0 fully saturated rings. The number of ether oxygens (including phenoxy) is 1. The molecule has 0 radical (unpaired) electrons. The highest BCUT2D eigenvalue weighted by Gasteiger charge is 2.16. The average molecular weight is 428 g/mol. The van der Waals surface area contributed by atoms with E-state index in [0.717, 1.165) is 32.8 Å². The number of halogens is 2. The van der Waals surface area contributed by atoms with Gasteiger partial charge in [0.25, 0.3) is 0 Å². The van der Waals surface area contributed by atoms with Gasteiger partial charge in [0.15, 0.2) is 8.32 Å². The summed E-state index contributed by atoms with van der Waals surface area (Å²) in [4.78, 5) is 0. The van der Waals surface area contributed by atoms with Gasteiger partial charge < -0.3 is 9.16 Å². The maximum Gasteiger partial charge on any atom is 0.184 e. The molecule has 130 valence electrons. The first-order valence-corrected chi connectivity index (χ1v) is 12.7. The fourth-order valence-electron chi connectivity index (χ4n) is 2.26. The fourth-order valence-corrected chi connectivity index (χ4v) is 3.61. The molecule has 5 heteroatoms. The van der Waals surface area contributed by atoms with Crippen LogP contribution in [0, 0.1) is 0 Å². The minimum absolute atomic E-state index is 0.597. The molecule has 0 aliphatic carbocycles. The minimum atomic E-state index is -1.54. The van der Waals surface area contributed by atoms with E-state index in [0.29, 0.717) is 13.2 Å². The first-order chi connectivity index (χ1) is 11.3. The molecule has 2 aromatic carbocycles. The molecule has 0 saturated carbocycles. The Morgan fingerprint density at radius 3 is 2.29 bits per heavy atom. The van der Waals surface area contributed by atoms with Gasteiger partial charge in [-0.15, -0.1) is 0 Å². The number of rotatable bonds is 7. The smallest absolute Gasteiger partial charge is 0.184 e. The first kappa shape index (κ1) is 19.5. The Labute approximate surface area is 159 Å². The van der Waals surface area contributed by atoms with E-state index in [4.69, 9.17) is 20.8 Å². The van der Waals surface area contributed by atoms with Crippen molar-refractivity contribution >= 4 is 35.8 Å². The molecule has 0 spiro atoms. The van der Waals surface area contributed by atoms with Crippen LogP contribution in [0.25, 0.3) is 0 Å². The zero-order valence-corrected chi connectivity index (χ0v) is 18.0. The zero-order valence-electron chi connectivity index (χ0n) is 14.7. The lowest BCUT2D eigenvalue weighted by Gasteiger charge is -2.18. The van der Waals surface area contributed by atoms with Crippen LogP contribution in [-0.4, -0.2) is 14.9 Å². The number of hydrogen-bond donors (Lipinski definition) is 0.